The maximum atomic E-state index is 13.1. The molecule has 3 amide bonds. The molecule has 2 fully saturated rings. The quantitative estimate of drug-likeness (QED) is 0.793. The predicted molar refractivity (Wildman–Crippen MR) is 95.4 cm³/mol. The minimum Gasteiger partial charge on any atom is -0.453 e. The number of nitrogens with one attached hydrogen (secondary N) is 1. The van der Waals surface area contributed by atoms with Gasteiger partial charge in [-0.1, -0.05) is 0 Å². The van der Waals surface area contributed by atoms with Gasteiger partial charge in [0.05, 0.1) is 17.6 Å². The Morgan fingerprint density at radius 2 is 2.04 bits per heavy atom. The number of fused-ring (bicyclic) bond motifs is 2. The topological polar surface area (TPSA) is 107 Å². The highest BCUT2D eigenvalue weighted by atomic mass is 16.3. The van der Waals surface area contributed by atoms with Crippen molar-refractivity contribution in [3.05, 3.63) is 23.7 Å². The SMILES string of the molecule is CN(C)C(=O)C(C)(C)C(=O)N1C[C@@H]2CC[C@H]1[C@H]2NC(=O)c1coc(C#N)c1. The van der Waals surface area contributed by atoms with E-state index in [-0.39, 0.29) is 41.5 Å². The third-order valence-corrected chi connectivity index (χ3v) is 5.59. The van der Waals surface area contributed by atoms with E-state index < -0.39 is 5.41 Å². The molecule has 1 aromatic heterocycles. The zero-order chi connectivity index (χ0) is 19.9. The lowest BCUT2D eigenvalue weighted by Gasteiger charge is -2.35. The Kier molecular flexibility index (Phi) is 4.72. The van der Waals surface area contributed by atoms with Crippen LogP contribution in [0.2, 0.25) is 0 Å². The van der Waals surface area contributed by atoms with E-state index in [9.17, 15) is 14.4 Å². The van der Waals surface area contributed by atoms with Crippen molar-refractivity contribution in [1.82, 2.24) is 15.1 Å². The molecule has 1 N–H and O–H groups in total. The van der Waals surface area contributed by atoms with Gasteiger partial charge >= 0.3 is 0 Å². The molecule has 1 saturated heterocycles. The van der Waals surface area contributed by atoms with Gasteiger partial charge < -0.3 is 19.5 Å². The van der Waals surface area contributed by atoms with Crippen molar-refractivity contribution >= 4 is 17.7 Å². The first kappa shape index (κ1) is 19.0. The van der Waals surface area contributed by atoms with Crippen molar-refractivity contribution in [3.8, 4) is 6.07 Å². The van der Waals surface area contributed by atoms with E-state index >= 15 is 0 Å². The number of likely N-dealkylation sites (tertiary alicyclic amines) is 1. The molecule has 3 rings (SSSR count). The fourth-order valence-corrected chi connectivity index (χ4v) is 4.21. The summed E-state index contributed by atoms with van der Waals surface area (Å²) in [5.41, 5.74) is -0.853. The van der Waals surface area contributed by atoms with Gasteiger partial charge in [0, 0.05) is 26.7 Å². The average molecular weight is 372 g/mol. The lowest BCUT2D eigenvalue weighted by Crippen LogP contribution is -2.53. The molecule has 2 aliphatic rings. The number of hydrogen-bond donors (Lipinski definition) is 1. The van der Waals surface area contributed by atoms with Crippen molar-refractivity contribution in [1.29, 1.82) is 5.26 Å². The molecular weight excluding hydrogens is 348 g/mol. The van der Waals surface area contributed by atoms with Crippen LogP contribution in [0.3, 0.4) is 0 Å². The van der Waals surface area contributed by atoms with E-state index in [1.807, 2.05) is 6.07 Å². The van der Waals surface area contributed by atoms with E-state index in [1.165, 1.54) is 17.2 Å². The number of piperidine rings is 1. The van der Waals surface area contributed by atoms with Crippen LogP contribution in [0.5, 0.6) is 0 Å². The van der Waals surface area contributed by atoms with Crippen molar-refractivity contribution in [3.63, 3.8) is 0 Å². The molecule has 0 unspecified atom stereocenters. The normalized spacial score (nSPS) is 23.8. The van der Waals surface area contributed by atoms with Gasteiger partial charge in [0.1, 0.15) is 17.7 Å². The van der Waals surface area contributed by atoms with Crippen LogP contribution in [0.25, 0.3) is 0 Å². The molecule has 3 atom stereocenters. The van der Waals surface area contributed by atoms with Gasteiger partial charge in [0.25, 0.3) is 5.91 Å². The maximum absolute atomic E-state index is 13.1. The Bertz CT molecular complexity index is 820. The first-order chi connectivity index (χ1) is 12.7. The molecule has 0 aromatic carbocycles. The molecule has 1 aliphatic carbocycles. The van der Waals surface area contributed by atoms with E-state index in [2.05, 4.69) is 5.32 Å². The van der Waals surface area contributed by atoms with Gasteiger partial charge in [-0.15, -0.1) is 0 Å². The average Bonchev–Trinajstić information content (AvgIpc) is 3.34. The van der Waals surface area contributed by atoms with Crippen molar-refractivity contribution in [2.24, 2.45) is 11.3 Å². The molecule has 1 saturated carbocycles. The molecule has 8 nitrogen and oxygen atoms in total. The highest BCUT2D eigenvalue weighted by Gasteiger charge is 2.53. The van der Waals surface area contributed by atoms with Gasteiger partial charge in [-0.3, -0.25) is 14.4 Å². The summed E-state index contributed by atoms with van der Waals surface area (Å²) in [6.07, 6.45) is 2.98. The second-order valence-electron chi connectivity index (χ2n) is 8.00. The Labute approximate surface area is 158 Å². The lowest BCUT2D eigenvalue weighted by atomic mass is 9.89. The van der Waals surface area contributed by atoms with Crippen LogP contribution in [0.15, 0.2) is 16.7 Å². The number of carbonyl (C=O) groups excluding carboxylic acids is 3. The van der Waals surface area contributed by atoms with Crippen LogP contribution in [0, 0.1) is 22.7 Å². The van der Waals surface area contributed by atoms with Crippen molar-refractivity contribution in [2.75, 3.05) is 20.6 Å². The number of furan rings is 1. The predicted octanol–water partition coefficient (Wildman–Crippen LogP) is 0.985. The van der Waals surface area contributed by atoms with Gasteiger partial charge in [-0.25, -0.2) is 0 Å². The van der Waals surface area contributed by atoms with Gasteiger partial charge in [-0.2, -0.15) is 5.26 Å². The molecule has 0 radical (unpaired) electrons. The fraction of sp³-hybridized carbons (Fsp3) is 0.579. The first-order valence-electron chi connectivity index (χ1n) is 8.99. The minimum atomic E-state index is -1.14. The zero-order valence-electron chi connectivity index (χ0n) is 16.0. The molecule has 1 aromatic rings. The summed E-state index contributed by atoms with van der Waals surface area (Å²) >= 11 is 0. The highest BCUT2D eigenvalue weighted by molar-refractivity contribution is 6.04. The van der Waals surface area contributed by atoms with E-state index in [0.29, 0.717) is 12.1 Å². The number of rotatable bonds is 4. The third kappa shape index (κ3) is 3.18. The second-order valence-corrected chi connectivity index (χ2v) is 8.00. The summed E-state index contributed by atoms with van der Waals surface area (Å²) in [4.78, 5) is 41.1. The summed E-state index contributed by atoms with van der Waals surface area (Å²) in [5, 5.41) is 11.8. The summed E-state index contributed by atoms with van der Waals surface area (Å²) in [5.74, 6) is -0.521. The number of nitriles is 1. The zero-order valence-corrected chi connectivity index (χ0v) is 16.0. The summed E-state index contributed by atoms with van der Waals surface area (Å²) in [6, 6.07) is 2.96. The van der Waals surface area contributed by atoms with Crippen molar-refractivity contribution < 1.29 is 18.8 Å². The molecule has 2 bridgehead atoms. The van der Waals surface area contributed by atoms with Crippen LogP contribution in [0.4, 0.5) is 0 Å². The number of nitrogens with zero attached hydrogens (tertiary/aromatic N) is 3. The van der Waals surface area contributed by atoms with Gasteiger partial charge in [0.15, 0.2) is 0 Å². The minimum absolute atomic E-state index is 0.0790. The molecule has 8 heteroatoms. The van der Waals surface area contributed by atoms with Crippen LogP contribution in [-0.4, -0.2) is 60.2 Å². The Morgan fingerprint density at radius 1 is 1.33 bits per heavy atom. The largest absolute Gasteiger partial charge is 0.453 e. The van der Waals surface area contributed by atoms with Gasteiger partial charge in [0.2, 0.25) is 17.6 Å². The molecular formula is C19H24N4O4. The number of hydrogen-bond acceptors (Lipinski definition) is 5. The summed E-state index contributed by atoms with van der Waals surface area (Å²) in [7, 11) is 3.27. The first-order valence-corrected chi connectivity index (χ1v) is 8.99. The lowest BCUT2D eigenvalue weighted by molar-refractivity contribution is -0.153. The summed E-state index contributed by atoms with van der Waals surface area (Å²) in [6.45, 7) is 3.83. The van der Waals surface area contributed by atoms with E-state index in [1.54, 1.807) is 32.8 Å². The fourth-order valence-electron chi connectivity index (χ4n) is 4.21. The van der Waals surface area contributed by atoms with E-state index in [0.717, 1.165) is 12.8 Å². The maximum Gasteiger partial charge on any atom is 0.254 e. The molecule has 1 aliphatic heterocycles. The van der Waals surface area contributed by atoms with Crippen LogP contribution in [-0.2, 0) is 9.59 Å². The third-order valence-electron chi connectivity index (χ3n) is 5.59. The van der Waals surface area contributed by atoms with E-state index in [4.69, 9.17) is 9.68 Å². The molecule has 27 heavy (non-hydrogen) atoms. The Hall–Kier alpha value is -2.82. The van der Waals surface area contributed by atoms with Crippen molar-refractivity contribution in [2.45, 2.75) is 38.8 Å². The summed E-state index contributed by atoms with van der Waals surface area (Å²) < 4.78 is 4.99. The Morgan fingerprint density at radius 3 is 2.63 bits per heavy atom. The second kappa shape index (κ2) is 6.72. The smallest absolute Gasteiger partial charge is 0.254 e. The number of carbonyl (C=O) groups is 3. The molecule has 2 heterocycles. The van der Waals surface area contributed by atoms with Crippen LogP contribution in [0.1, 0.15) is 42.8 Å². The Balaban J connectivity index is 1.73. The highest BCUT2D eigenvalue weighted by Crippen LogP contribution is 2.40. The van der Waals surface area contributed by atoms with Gasteiger partial charge in [-0.05, 0) is 32.6 Å². The van der Waals surface area contributed by atoms with Crippen LogP contribution < -0.4 is 5.32 Å². The van der Waals surface area contributed by atoms with Crippen LogP contribution >= 0.6 is 0 Å². The monoisotopic (exact) mass is 372 g/mol. The molecule has 144 valence electrons. The molecule has 0 spiro atoms. The number of amides is 3. The standard InChI is InChI=1S/C19H24N4O4/c1-19(2,17(25)22(3)4)18(26)23-9-11-5-6-14(23)15(11)21-16(24)12-7-13(8-20)27-10-12/h7,10-11,14-15H,5-6,9H2,1-4H3,(H,21,24)/t11-,14-,15-/m0/s1.